The first-order valence-electron chi connectivity index (χ1n) is 5.20. The summed E-state index contributed by atoms with van der Waals surface area (Å²) in [5, 5.41) is 20.4. The van der Waals surface area contributed by atoms with E-state index in [0.717, 1.165) is 5.01 Å². The van der Waals surface area contributed by atoms with Crippen molar-refractivity contribution in [1.82, 2.24) is 9.55 Å². The molecular formula is C11H11BrN4O3. The first-order valence-corrected chi connectivity index (χ1v) is 6.00. The van der Waals surface area contributed by atoms with E-state index < -0.39 is 5.69 Å². The molecule has 0 bridgehead atoms. The number of nitrogens with two attached hydrogens (primary N) is 1. The van der Waals surface area contributed by atoms with Gasteiger partial charge in [-0.1, -0.05) is 6.07 Å². The van der Waals surface area contributed by atoms with Crippen LogP contribution in [0.1, 0.15) is 0 Å². The summed E-state index contributed by atoms with van der Waals surface area (Å²) >= 11 is 3.22. The summed E-state index contributed by atoms with van der Waals surface area (Å²) in [6.07, 6.45) is 1.49. The van der Waals surface area contributed by atoms with Gasteiger partial charge in [0.2, 0.25) is 0 Å². The SMILES string of the molecule is Cn1cc(Br)c(N(N)c2c(O)cccc2O)nc1=O. The molecule has 100 valence electrons. The molecule has 2 rings (SSSR count). The Hall–Kier alpha value is -2.06. The maximum atomic E-state index is 11.5. The lowest BCUT2D eigenvalue weighted by atomic mass is 10.2. The molecule has 0 amide bonds. The van der Waals surface area contributed by atoms with Crippen LogP contribution in [-0.4, -0.2) is 19.8 Å². The van der Waals surface area contributed by atoms with Crippen LogP contribution >= 0.6 is 15.9 Å². The number of aromatic hydroxyl groups is 2. The van der Waals surface area contributed by atoms with Gasteiger partial charge in [0.15, 0.2) is 5.82 Å². The molecule has 7 nitrogen and oxygen atoms in total. The van der Waals surface area contributed by atoms with Crippen LogP contribution in [0.25, 0.3) is 0 Å². The van der Waals surface area contributed by atoms with Crippen LogP contribution in [0.3, 0.4) is 0 Å². The van der Waals surface area contributed by atoms with Crippen molar-refractivity contribution in [3.63, 3.8) is 0 Å². The molecule has 1 heterocycles. The molecular weight excluding hydrogens is 316 g/mol. The summed E-state index contributed by atoms with van der Waals surface area (Å²) in [6.45, 7) is 0. The van der Waals surface area contributed by atoms with Crippen molar-refractivity contribution in [2.75, 3.05) is 5.01 Å². The third-order valence-electron chi connectivity index (χ3n) is 2.49. The zero-order chi connectivity index (χ0) is 14.2. The number of benzene rings is 1. The largest absolute Gasteiger partial charge is 0.506 e. The number of hydrogen-bond donors (Lipinski definition) is 3. The third kappa shape index (κ3) is 2.40. The van der Waals surface area contributed by atoms with E-state index in [4.69, 9.17) is 5.84 Å². The number of phenolic OH excluding ortho intramolecular Hbond substituents is 2. The Morgan fingerprint density at radius 2 is 1.95 bits per heavy atom. The Morgan fingerprint density at radius 3 is 2.53 bits per heavy atom. The van der Waals surface area contributed by atoms with Crippen LogP contribution in [0.15, 0.2) is 33.7 Å². The number of aromatic nitrogens is 2. The molecule has 0 spiro atoms. The molecule has 0 radical (unpaired) electrons. The number of hydrogen-bond acceptors (Lipinski definition) is 6. The minimum atomic E-state index is -0.511. The van der Waals surface area contributed by atoms with Crippen LogP contribution in [0, 0.1) is 0 Å². The lowest BCUT2D eigenvalue weighted by molar-refractivity contribution is 0.451. The average Bonchev–Trinajstić information content (AvgIpc) is 2.33. The van der Waals surface area contributed by atoms with Gasteiger partial charge >= 0.3 is 5.69 Å². The van der Waals surface area contributed by atoms with Crippen LogP contribution in [0.2, 0.25) is 0 Å². The second-order valence-electron chi connectivity index (χ2n) is 3.82. The molecule has 19 heavy (non-hydrogen) atoms. The van der Waals surface area contributed by atoms with E-state index in [1.807, 2.05) is 0 Å². The van der Waals surface area contributed by atoms with Gasteiger partial charge in [-0.2, -0.15) is 4.98 Å². The van der Waals surface area contributed by atoms with Crippen molar-refractivity contribution in [2.45, 2.75) is 0 Å². The molecule has 0 unspecified atom stereocenters. The summed E-state index contributed by atoms with van der Waals surface area (Å²) < 4.78 is 1.71. The Balaban J connectivity index is 2.59. The van der Waals surface area contributed by atoms with E-state index in [1.54, 1.807) is 7.05 Å². The number of phenols is 2. The average molecular weight is 327 g/mol. The van der Waals surface area contributed by atoms with E-state index in [-0.39, 0.29) is 23.0 Å². The Kier molecular flexibility index (Phi) is 3.45. The third-order valence-corrected chi connectivity index (χ3v) is 3.05. The van der Waals surface area contributed by atoms with E-state index in [1.165, 1.54) is 29.0 Å². The van der Waals surface area contributed by atoms with Crippen molar-refractivity contribution < 1.29 is 10.2 Å². The van der Waals surface area contributed by atoms with Crippen molar-refractivity contribution in [2.24, 2.45) is 12.9 Å². The zero-order valence-electron chi connectivity index (χ0n) is 9.91. The molecule has 8 heteroatoms. The Bertz CT molecular complexity index is 666. The van der Waals surface area contributed by atoms with Gasteiger partial charge in [0, 0.05) is 13.2 Å². The van der Waals surface area contributed by atoms with E-state index >= 15 is 0 Å². The predicted molar refractivity (Wildman–Crippen MR) is 73.3 cm³/mol. The highest BCUT2D eigenvalue weighted by molar-refractivity contribution is 9.10. The first-order chi connectivity index (χ1) is 8.91. The topological polar surface area (TPSA) is 105 Å². The lowest BCUT2D eigenvalue weighted by Gasteiger charge is -2.20. The highest BCUT2D eigenvalue weighted by atomic mass is 79.9. The molecule has 0 fully saturated rings. The number of hydrazine groups is 1. The van der Waals surface area contributed by atoms with Crippen LogP contribution in [-0.2, 0) is 7.05 Å². The summed E-state index contributed by atoms with van der Waals surface area (Å²) in [4.78, 5) is 15.3. The summed E-state index contributed by atoms with van der Waals surface area (Å²) in [6, 6.07) is 4.20. The summed E-state index contributed by atoms with van der Waals surface area (Å²) in [7, 11) is 1.54. The molecule has 4 N–H and O–H groups in total. The van der Waals surface area contributed by atoms with Crippen molar-refractivity contribution in [3.05, 3.63) is 39.4 Å². The normalized spacial score (nSPS) is 10.5. The standard InChI is InChI=1S/C11H11BrN4O3/c1-15-5-6(12)10(14-11(15)19)16(13)9-7(17)3-2-4-8(9)18/h2-5,17-18H,13H2,1H3. The van der Waals surface area contributed by atoms with Crippen molar-refractivity contribution >= 4 is 27.4 Å². The van der Waals surface area contributed by atoms with Gasteiger partial charge in [0.1, 0.15) is 17.2 Å². The molecule has 2 aromatic rings. The monoisotopic (exact) mass is 326 g/mol. The van der Waals surface area contributed by atoms with E-state index in [9.17, 15) is 15.0 Å². The molecule has 0 aliphatic heterocycles. The van der Waals surface area contributed by atoms with E-state index in [2.05, 4.69) is 20.9 Å². The quantitative estimate of drug-likeness (QED) is 0.561. The fraction of sp³-hybridized carbons (Fsp3) is 0.0909. The number of halogens is 1. The number of aryl methyl sites for hydroxylation is 1. The molecule has 0 atom stereocenters. The highest BCUT2D eigenvalue weighted by Crippen LogP contribution is 2.38. The molecule has 0 aliphatic carbocycles. The second-order valence-corrected chi connectivity index (χ2v) is 4.68. The van der Waals surface area contributed by atoms with E-state index in [0.29, 0.717) is 4.47 Å². The molecule has 0 aliphatic rings. The Labute approximate surface area is 116 Å². The van der Waals surface area contributed by atoms with Gasteiger partial charge in [-0.25, -0.2) is 10.6 Å². The van der Waals surface area contributed by atoms with Crippen LogP contribution in [0.4, 0.5) is 11.5 Å². The highest BCUT2D eigenvalue weighted by Gasteiger charge is 2.18. The molecule has 0 saturated heterocycles. The maximum absolute atomic E-state index is 11.5. The smallest absolute Gasteiger partial charge is 0.349 e. The first kappa shape index (κ1) is 13.4. The number of anilines is 2. The van der Waals surface area contributed by atoms with Gasteiger partial charge in [-0.15, -0.1) is 0 Å². The number of nitrogens with zero attached hydrogens (tertiary/aromatic N) is 3. The van der Waals surface area contributed by atoms with Crippen LogP contribution < -0.4 is 16.5 Å². The van der Waals surface area contributed by atoms with Gasteiger partial charge in [-0.05, 0) is 28.1 Å². The maximum Gasteiger partial charge on any atom is 0.349 e. The minimum absolute atomic E-state index is 0.0380. The van der Waals surface area contributed by atoms with Crippen molar-refractivity contribution in [1.29, 1.82) is 0 Å². The number of para-hydroxylation sites is 1. The Morgan fingerprint density at radius 1 is 1.37 bits per heavy atom. The van der Waals surface area contributed by atoms with Crippen LogP contribution in [0.5, 0.6) is 11.5 Å². The fourth-order valence-corrected chi connectivity index (χ4v) is 2.13. The van der Waals surface area contributed by atoms with Gasteiger partial charge < -0.3 is 14.8 Å². The second kappa shape index (κ2) is 4.90. The minimum Gasteiger partial charge on any atom is -0.506 e. The summed E-state index contributed by atoms with van der Waals surface area (Å²) in [5.74, 6) is 5.44. The lowest BCUT2D eigenvalue weighted by Crippen LogP contribution is -2.31. The molecule has 1 aromatic carbocycles. The molecule has 1 aromatic heterocycles. The summed E-state index contributed by atoms with van der Waals surface area (Å²) in [5.41, 5.74) is -0.549. The number of rotatable bonds is 2. The van der Waals surface area contributed by atoms with Gasteiger partial charge in [-0.3, -0.25) is 5.01 Å². The molecule has 0 saturated carbocycles. The fourth-order valence-electron chi connectivity index (χ4n) is 1.55. The predicted octanol–water partition coefficient (Wildman–Crippen LogP) is 0.966. The van der Waals surface area contributed by atoms with Crippen molar-refractivity contribution in [3.8, 4) is 11.5 Å². The van der Waals surface area contributed by atoms with Gasteiger partial charge in [0.25, 0.3) is 0 Å². The zero-order valence-corrected chi connectivity index (χ0v) is 11.5. The van der Waals surface area contributed by atoms with Gasteiger partial charge in [0.05, 0.1) is 4.47 Å².